The normalized spacial score (nSPS) is 24.0. The number of nitrogens with one attached hydrogen (secondary N) is 1. The first-order chi connectivity index (χ1) is 6.83. The van der Waals surface area contributed by atoms with E-state index in [9.17, 15) is 0 Å². The van der Waals surface area contributed by atoms with Gasteiger partial charge < -0.3 is 5.32 Å². The third-order valence-electron chi connectivity index (χ3n) is 2.96. The van der Waals surface area contributed by atoms with Crippen molar-refractivity contribution in [1.29, 1.82) is 0 Å². The highest BCUT2D eigenvalue weighted by molar-refractivity contribution is 8.00. The topological polar surface area (TPSA) is 12.0 Å². The summed E-state index contributed by atoms with van der Waals surface area (Å²) in [6.07, 6.45) is 8.34. The van der Waals surface area contributed by atoms with E-state index < -0.39 is 0 Å². The molecule has 1 aliphatic heterocycles. The van der Waals surface area contributed by atoms with Gasteiger partial charge in [-0.05, 0) is 31.9 Å². The van der Waals surface area contributed by atoms with Gasteiger partial charge in [-0.1, -0.05) is 26.2 Å². The Balaban J connectivity index is 1.93. The zero-order valence-corrected chi connectivity index (χ0v) is 10.5. The van der Waals surface area contributed by atoms with Gasteiger partial charge >= 0.3 is 0 Å². The van der Waals surface area contributed by atoms with Crippen LogP contribution >= 0.6 is 11.8 Å². The minimum atomic E-state index is 0.725. The van der Waals surface area contributed by atoms with E-state index in [0.717, 1.165) is 11.3 Å². The van der Waals surface area contributed by atoms with Crippen LogP contribution in [0.1, 0.15) is 52.4 Å². The van der Waals surface area contributed by atoms with Gasteiger partial charge in [-0.2, -0.15) is 11.8 Å². The van der Waals surface area contributed by atoms with E-state index in [1.54, 1.807) is 0 Å². The molecule has 0 bridgehead atoms. The van der Waals surface area contributed by atoms with Crippen LogP contribution in [-0.2, 0) is 0 Å². The first-order valence-electron chi connectivity index (χ1n) is 6.18. The van der Waals surface area contributed by atoms with Gasteiger partial charge in [0.2, 0.25) is 0 Å². The van der Waals surface area contributed by atoms with Crippen LogP contribution in [0.15, 0.2) is 0 Å². The predicted octanol–water partition coefficient (Wildman–Crippen LogP) is 3.44. The number of thioether (sulfide) groups is 1. The second kappa shape index (κ2) is 7.58. The van der Waals surface area contributed by atoms with Crippen LogP contribution in [0.25, 0.3) is 0 Å². The molecule has 2 unspecified atom stereocenters. The van der Waals surface area contributed by atoms with Gasteiger partial charge in [0.25, 0.3) is 0 Å². The fourth-order valence-corrected chi connectivity index (χ4v) is 3.15. The first kappa shape index (κ1) is 12.4. The summed E-state index contributed by atoms with van der Waals surface area (Å²) >= 11 is 2.15. The Labute approximate surface area is 93.4 Å². The van der Waals surface area contributed by atoms with Gasteiger partial charge in [-0.3, -0.25) is 0 Å². The van der Waals surface area contributed by atoms with Crippen LogP contribution in [0.3, 0.4) is 0 Å². The third kappa shape index (κ3) is 5.26. The van der Waals surface area contributed by atoms with Crippen LogP contribution in [0.2, 0.25) is 0 Å². The average Bonchev–Trinajstić information content (AvgIpc) is 2.68. The molecule has 1 saturated heterocycles. The monoisotopic (exact) mass is 215 g/mol. The molecule has 0 amide bonds. The molecule has 14 heavy (non-hydrogen) atoms. The highest BCUT2D eigenvalue weighted by Crippen LogP contribution is 2.25. The Morgan fingerprint density at radius 2 is 2.29 bits per heavy atom. The molecular weight excluding hydrogens is 190 g/mol. The molecule has 0 aliphatic carbocycles. The fourth-order valence-electron chi connectivity index (χ4n) is 1.94. The van der Waals surface area contributed by atoms with E-state index in [1.807, 2.05) is 0 Å². The molecule has 1 fully saturated rings. The number of rotatable bonds is 7. The van der Waals surface area contributed by atoms with Crippen molar-refractivity contribution in [2.24, 2.45) is 0 Å². The molecule has 2 heteroatoms. The second-order valence-electron chi connectivity index (χ2n) is 4.44. The van der Waals surface area contributed by atoms with Crippen molar-refractivity contribution in [3.63, 3.8) is 0 Å². The molecule has 2 atom stereocenters. The van der Waals surface area contributed by atoms with Crippen molar-refractivity contribution in [1.82, 2.24) is 5.32 Å². The quantitative estimate of drug-likeness (QED) is 0.653. The lowest BCUT2D eigenvalue weighted by Gasteiger charge is -2.16. The minimum Gasteiger partial charge on any atom is -0.313 e. The van der Waals surface area contributed by atoms with E-state index in [2.05, 4.69) is 30.9 Å². The van der Waals surface area contributed by atoms with Crippen LogP contribution < -0.4 is 5.32 Å². The summed E-state index contributed by atoms with van der Waals surface area (Å²) < 4.78 is 0. The Morgan fingerprint density at radius 1 is 1.43 bits per heavy atom. The average molecular weight is 215 g/mol. The standard InChI is InChI=1S/C12H25NS/c1-3-4-5-7-11(2)13-10-12-8-6-9-14-12/h11-13H,3-10H2,1-2H3. The predicted molar refractivity (Wildman–Crippen MR) is 67.1 cm³/mol. The van der Waals surface area contributed by atoms with E-state index in [0.29, 0.717) is 0 Å². The summed E-state index contributed by atoms with van der Waals surface area (Å²) in [6, 6.07) is 0.725. The van der Waals surface area contributed by atoms with Crippen molar-refractivity contribution in [2.45, 2.75) is 63.7 Å². The van der Waals surface area contributed by atoms with E-state index in [1.165, 1.54) is 50.8 Å². The Morgan fingerprint density at radius 3 is 2.93 bits per heavy atom. The summed E-state index contributed by atoms with van der Waals surface area (Å²) in [6.45, 7) is 5.83. The molecule has 1 heterocycles. The summed E-state index contributed by atoms with van der Waals surface area (Å²) in [4.78, 5) is 0. The van der Waals surface area contributed by atoms with Crippen molar-refractivity contribution in [3.8, 4) is 0 Å². The fraction of sp³-hybridized carbons (Fsp3) is 1.00. The zero-order valence-electron chi connectivity index (χ0n) is 9.72. The molecule has 1 aliphatic rings. The largest absolute Gasteiger partial charge is 0.313 e. The van der Waals surface area contributed by atoms with Crippen LogP contribution in [0.5, 0.6) is 0 Å². The molecule has 0 aromatic rings. The highest BCUT2D eigenvalue weighted by Gasteiger charge is 2.15. The van der Waals surface area contributed by atoms with Gasteiger partial charge in [0.15, 0.2) is 0 Å². The van der Waals surface area contributed by atoms with E-state index in [4.69, 9.17) is 0 Å². The van der Waals surface area contributed by atoms with E-state index >= 15 is 0 Å². The summed E-state index contributed by atoms with van der Waals surface area (Å²) in [5.41, 5.74) is 0. The lowest BCUT2D eigenvalue weighted by Crippen LogP contribution is -2.31. The number of hydrogen-bond donors (Lipinski definition) is 1. The highest BCUT2D eigenvalue weighted by atomic mass is 32.2. The van der Waals surface area contributed by atoms with Gasteiger partial charge in [-0.15, -0.1) is 0 Å². The lowest BCUT2D eigenvalue weighted by atomic mass is 10.1. The molecule has 0 aromatic carbocycles. The van der Waals surface area contributed by atoms with Gasteiger partial charge in [-0.25, -0.2) is 0 Å². The number of unbranched alkanes of at least 4 members (excludes halogenated alkanes) is 2. The lowest BCUT2D eigenvalue weighted by molar-refractivity contribution is 0.484. The van der Waals surface area contributed by atoms with E-state index in [-0.39, 0.29) is 0 Å². The molecule has 0 saturated carbocycles. The Bertz CT molecular complexity index is 132. The van der Waals surface area contributed by atoms with Gasteiger partial charge in [0.05, 0.1) is 0 Å². The Kier molecular flexibility index (Phi) is 6.70. The molecule has 1 nitrogen and oxygen atoms in total. The summed E-state index contributed by atoms with van der Waals surface area (Å²) in [7, 11) is 0. The molecular formula is C12H25NS. The number of hydrogen-bond acceptors (Lipinski definition) is 2. The maximum absolute atomic E-state index is 3.66. The van der Waals surface area contributed by atoms with Gasteiger partial charge in [0.1, 0.15) is 0 Å². The SMILES string of the molecule is CCCCCC(C)NCC1CCCS1. The molecule has 0 radical (unpaired) electrons. The van der Waals surface area contributed by atoms with Crippen LogP contribution in [-0.4, -0.2) is 23.6 Å². The van der Waals surface area contributed by atoms with Crippen LogP contribution in [0.4, 0.5) is 0 Å². The second-order valence-corrected chi connectivity index (χ2v) is 5.85. The van der Waals surface area contributed by atoms with Crippen molar-refractivity contribution >= 4 is 11.8 Å². The molecule has 84 valence electrons. The molecule has 0 spiro atoms. The summed E-state index contributed by atoms with van der Waals surface area (Å²) in [5, 5.41) is 4.57. The Hall–Kier alpha value is 0.310. The third-order valence-corrected chi connectivity index (χ3v) is 4.36. The molecule has 1 N–H and O–H groups in total. The minimum absolute atomic E-state index is 0.725. The van der Waals surface area contributed by atoms with Gasteiger partial charge in [0, 0.05) is 17.8 Å². The van der Waals surface area contributed by atoms with Crippen LogP contribution in [0, 0.1) is 0 Å². The molecule has 1 rings (SSSR count). The van der Waals surface area contributed by atoms with Crippen molar-refractivity contribution in [3.05, 3.63) is 0 Å². The molecule has 0 aromatic heterocycles. The smallest absolute Gasteiger partial charge is 0.0172 e. The van der Waals surface area contributed by atoms with Crippen molar-refractivity contribution in [2.75, 3.05) is 12.3 Å². The maximum Gasteiger partial charge on any atom is 0.0172 e. The zero-order chi connectivity index (χ0) is 10.2. The summed E-state index contributed by atoms with van der Waals surface area (Å²) in [5.74, 6) is 1.39. The maximum atomic E-state index is 3.66. The first-order valence-corrected chi connectivity index (χ1v) is 7.22. The van der Waals surface area contributed by atoms with Crippen molar-refractivity contribution < 1.29 is 0 Å².